The Kier molecular flexibility index (Phi) is 5.73. The number of likely N-dealkylation sites (N-methyl/N-ethyl adjacent to an activating group) is 1. The zero-order valence-corrected chi connectivity index (χ0v) is 16.6. The van der Waals surface area contributed by atoms with Crippen molar-refractivity contribution in [3.05, 3.63) is 42.1 Å². The summed E-state index contributed by atoms with van der Waals surface area (Å²) in [6.07, 6.45) is 2.70. The number of pyridine rings is 1. The summed E-state index contributed by atoms with van der Waals surface area (Å²) in [5.74, 6) is 0.746. The van der Waals surface area contributed by atoms with Gasteiger partial charge in [-0.2, -0.15) is 0 Å². The maximum atomic E-state index is 11.6. The quantitative estimate of drug-likeness (QED) is 0.592. The molecular weight excluding hydrogens is 368 g/mol. The molecule has 1 amide bonds. The summed E-state index contributed by atoms with van der Waals surface area (Å²) in [5.41, 5.74) is 7.99. The van der Waals surface area contributed by atoms with Gasteiger partial charge in [-0.1, -0.05) is 6.07 Å². The third-order valence-corrected chi connectivity index (χ3v) is 5.25. The molecule has 0 unspecified atom stereocenters. The molecule has 1 aliphatic heterocycles. The van der Waals surface area contributed by atoms with Crippen LogP contribution in [0.5, 0.6) is 5.88 Å². The minimum absolute atomic E-state index is 0.401. The lowest BCUT2D eigenvalue weighted by Gasteiger charge is -2.32. The molecule has 0 spiro atoms. The van der Waals surface area contributed by atoms with E-state index in [2.05, 4.69) is 31.8 Å². The predicted molar refractivity (Wildman–Crippen MR) is 112 cm³/mol. The Morgan fingerprint density at radius 2 is 2.03 bits per heavy atom. The molecule has 3 aromatic rings. The lowest BCUT2D eigenvalue weighted by molar-refractivity contribution is 0.100. The number of carbonyl (C=O) groups excluding carboxylic acids is 1. The highest BCUT2D eigenvalue weighted by molar-refractivity contribution is 6.04. The van der Waals surface area contributed by atoms with Gasteiger partial charge in [0, 0.05) is 50.6 Å². The number of hydrogen-bond acceptors (Lipinski definition) is 6. The van der Waals surface area contributed by atoms with Gasteiger partial charge in [0.2, 0.25) is 5.88 Å². The maximum Gasteiger partial charge on any atom is 0.250 e. The van der Waals surface area contributed by atoms with Crippen molar-refractivity contribution in [3.8, 4) is 17.3 Å². The van der Waals surface area contributed by atoms with Gasteiger partial charge in [-0.15, -0.1) is 0 Å². The first kappa shape index (κ1) is 19.4. The fourth-order valence-electron chi connectivity index (χ4n) is 3.51. The summed E-state index contributed by atoms with van der Waals surface area (Å²) in [5, 5.41) is 0. The van der Waals surface area contributed by atoms with Gasteiger partial charge in [0.15, 0.2) is 0 Å². The van der Waals surface area contributed by atoms with Gasteiger partial charge < -0.3 is 25.3 Å². The molecular formula is C21H26N6O2. The first-order valence-electron chi connectivity index (χ1n) is 9.89. The molecule has 1 saturated heterocycles. The van der Waals surface area contributed by atoms with Gasteiger partial charge in [-0.25, -0.2) is 9.97 Å². The van der Waals surface area contributed by atoms with E-state index in [-0.39, 0.29) is 0 Å². The number of aromatic nitrogens is 3. The van der Waals surface area contributed by atoms with Gasteiger partial charge in [-0.05, 0) is 31.7 Å². The van der Waals surface area contributed by atoms with Gasteiger partial charge in [0.1, 0.15) is 11.3 Å². The molecule has 0 radical (unpaired) electrons. The van der Waals surface area contributed by atoms with E-state index < -0.39 is 5.91 Å². The number of nitrogens with one attached hydrogen (secondary N) is 1. The summed E-state index contributed by atoms with van der Waals surface area (Å²) in [4.78, 5) is 28.5. The standard InChI is InChI=1S/C21H26N6O2/c1-26-9-11-27(12-10-26)8-3-13-29-18-7-6-15(14-23-18)21-24-17-5-2-4-16(20(22)28)19(17)25-21/h2,4-7,14H,3,8-13H2,1H3,(H2,22,28)(H,24,25). The molecule has 3 N–H and O–H groups in total. The van der Waals surface area contributed by atoms with E-state index >= 15 is 0 Å². The number of nitrogens with zero attached hydrogens (tertiary/aromatic N) is 4. The lowest BCUT2D eigenvalue weighted by atomic mass is 10.2. The number of ether oxygens (including phenoxy) is 1. The van der Waals surface area contributed by atoms with Crippen molar-refractivity contribution >= 4 is 16.9 Å². The number of H-pyrrole nitrogens is 1. The van der Waals surface area contributed by atoms with Crippen LogP contribution in [0.4, 0.5) is 0 Å². The average Bonchev–Trinajstić information content (AvgIpc) is 3.17. The Hall–Kier alpha value is -2.97. The van der Waals surface area contributed by atoms with Gasteiger partial charge in [0.25, 0.3) is 5.91 Å². The Balaban J connectivity index is 1.34. The summed E-state index contributed by atoms with van der Waals surface area (Å²) >= 11 is 0. The molecule has 1 aliphatic rings. The van der Waals surface area contributed by atoms with E-state index in [0.717, 1.165) is 50.2 Å². The molecule has 1 aromatic carbocycles. The molecule has 8 nitrogen and oxygen atoms in total. The molecule has 8 heteroatoms. The number of rotatable bonds is 7. The van der Waals surface area contributed by atoms with Crippen LogP contribution in [-0.4, -0.2) is 77.0 Å². The minimum Gasteiger partial charge on any atom is -0.478 e. The largest absolute Gasteiger partial charge is 0.478 e. The van der Waals surface area contributed by atoms with Crippen LogP contribution in [0.2, 0.25) is 0 Å². The van der Waals surface area contributed by atoms with Crippen molar-refractivity contribution in [1.29, 1.82) is 0 Å². The minimum atomic E-state index is -0.493. The number of hydrogen-bond donors (Lipinski definition) is 2. The Bertz CT molecular complexity index is 977. The SMILES string of the molecule is CN1CCN(CCCOc2ccc(-c3nc4c(C(N)=O)cccc4[nH]3)cn2)CC1. The number of piperazine rings is 1. The van der Waals surface area contributed by atoms with E-state index in [9.17, 15) is 4.79 Å². The molecule has 3 heterocycles. The second-order valence-electron chi connectivity index (χ2n) is 7.38. The molecule has 2 aromatic heterocycles. The van der Waals surface area contributed by atoms with Crippen molar-refractivity contribution in [3.63, 3.8) is 0 Å². The smallest absolute Gasteiger partial charge is 0.250 e. The van der Waals surface area contributed by atoms with Crippen LogP contribution in [0.3, 0.4) is 0 Å². The monoisotopic (exact) mass is 394 g/mol. The van der Waals surface area contributed by atoms with Gasteiger partial charge >= 0.3 is 0 Å². The fraction of sp³-hybridized carbons (Fsp3) is 0.381. The third-order valence-electron chi connectivity index (χ3n) is 5.25. The van der Waals surface area contributed by atoms with E-state index in [4.69, 9.17) is 10.5 Å². The van der Waals surface area contributed by atoms with Gasteiger partial charge in [-0.3, -0.25) is 4.79 Å². The number of nitrogens with two attached hydrogens (primary N) is 1. The van der Waals surface area contributed by atoms with Crippen molar-refractivity contribution in [2.45, 2.75) is 6.42 Å². The second-order valence-corrected chi connectivity index (χ2v) is 7.38. The second kappa shape index (κ2) is 8.59. The van der Waals surface area contributed by atoms with E-state index in [0.29, 0.717) is 29.4 Å². The topological polar surface area (TPSA) is 100 Å². The Labute approximate surface area is 169 Å². The van der Waals surface area contributed by atoms with E-state index in [1.807, 2.05) is 18.2 Å². The van der Waals surface area contributed by atoms with Gasteiger partial charge in [0.05, 0.1) is 17.7 Å². The highest BCUT2D eigenvalue weighted by atomic mass is 16.5. The normalized spacial score (nSPS) is 15.6. The van der Waals surface area contributed by atoms with Crippen molar-refractivity contribution in [1.82, 2.24) is 24.8 Å². The highest BCUT2D eigenvalue weighted by Crippen LogP contribution is 2.23. The molecule has 1 fully saturated rings. The Morgan fingerprint density at radius 1 is 1.21 bits per heavy atom. The van der Waals surface area contributed by atoms with Crippen LogP contribution in [0.1, 0.15) is 16.8 Å². The van der Waals surface area contributed by atoms with Crippen molar-refractivity contribution < 1.29 is 9.53 Å². The number of carbonyl (C=O) groups is 1. The summed E-state index contributed by atoms with van der Waals surface area (Å²) in [6.45, 7) is 6.20. The molecule has 4 rings (SSSR count). The number of benzene rings is 1. The summed E-state index contributed by atoms with van der Waals surface area (Å²) in [6, 6.07) is 9.07. The number of imidazole rings is 1. The first-order valence-corrected chi connectivity index (χ1v) is 9.89. The third kappa shape index (κ3) is 4.55. The van der Waals surface area contributed by atoms with Crippen LogP contribution in [0, 0.1) is 0 Å². The zero-order valence-electron chi connectivity index (χ0n) is 16.6. The van der Waals surface area contributed by atoms with Crippen LogP contribution in [-0.2, 0) is 0 Å². The number of amides is 1. The van der Waals surface area contributed by atoms with Crippen molar-refractivity contribution in [2.24, 2.45) is 5.73 Å². The molecule has 0 saturated carbocycles. The lowest BCUT2D eigenvalue weighted by Crippen LogP contribution is -2.44. The fourth-order valence-corrected chi connectivity index (χ4v) is 3.51. The number of primary amides is 1. The maximum absolute atomic E-state index is 11.6. The highest BCUT2D eigenvalue weighted by Gasteiger charge is 2.14. The van der Waals surface area contributed by atoms with Crippen LogP contribution in [0.15, 0.2) is 36.5 Å². The average molecular weight is 394 g/mol. The summed E-state index contributed by atoms with van der Waals surface area (Å²) in [7, 11) is 2.16. The summed E-state index contributed by atoms with van der Waals surface area (Å²) < 4.78 is 5.78. The van der Waals surface area contributed by atoms with Crippen LogP contribution in [0.25, 0.3) is 22.4 Å². The van der Waals surface area contributed by atoms with E-state index in [1.165, 1.54) is 0 Å². The number of para-hydroxylation sites is 1. The van der Waals surface area contributed by atoms with E-state index in [1.54, 1.807) is 18.3 Å². The van der Waals surface area contributed by atoms with Crippen LogP contribution < -0.4 is 10.5 Å². The molecule has 0 atom stereocenters. The van der Waals surface area contributed by atoms with Crippen LogP contribution >= 0.6 is 0 Å². The number of aromatic amines is 1. The molecule has 29 heavy (non-hydrogen) atoms. The van der Waals surface area contributed by atoms with Crippen molar-refractivity contribution in [2.75, 3.05) is 46.4 Å². The molecule has 152 valence electrons. The zero-order chi connectivity index (χ0) is 20.2. The Morgan fingerprint density at radius 3 is 2.76 bits per heavy atom. The molecule has 0 bridgehead atoms. The number of fused-ring (bicyclic) bond motifs is 1. The molecule has 0 aliphatic carbocycles. The predicted octanol–water partition coefficient (Wildman–Crippen LogP) is 1.74. The first-order chi connectivity index (χ1) is 14.1.